The van der Waals surface area contributed by atoms with Crippen molar-refractivity contribution < 1.29 is 15.0 Å². The summed E-state index contributed by atoms with van der Waals surface area (Å²) in [4.78, 5) is 11.2. The summed E-state index contributed by atoms with van der Waals surface area (Å²) in [5, 5.41) is 20.4. The Morgan fingerprint density at radius 2 is 1.95 bits per heavy atom. The molecule has 19 heavy (non-hydrogen) atoms. The van der Waals surface area contributed by atoms with Crippen LogP contribution in [0.25, 0.3) is 0 Å². The fourth-order valence-corrected chi connectivity index (χ4v) is 5.17. The van der Waals surface area contributed by atoms with Crippen LogP contribution in [0.4, 0.5) is 0 Å². The minimum atomic E-state index is -0.870. The Bertz CT molecular complexity index is 425. The average molecular weight is 263 g/mol. The lowest BCUT2D eigenvalue weighted by atomic mass is 9.42. The first-order valence-corrected chi connectivity index (χ1v) is 7.40. The van der Waals surface area contributed by atoms with Gasteiger partial charge in [0.05, 0.1) is 5.60 Å². The molecule has 1 radical (unpaired) electrons. The van der Waals surface area contributed by atoms with E-state index < -0.39 is 11.6 Å². The van der Waals surface area contributed by atoms with Crippen LogP contribution in [0.15, 0.2) is 11.6 Å². The van der Waals surface area contributed by atoms with Crippen molar-refractivity contribution in [3.63, 3.8) is 0 Å². The van der Waals surface area contributed by atoms with Crippen molar-refractivity contribution >= 4 is 5.97 Å². The third kappa shape index (κ3) is 1.70. The largest absolute Gasteiger partial charge is 0.478 e. The second-order valence-corrected chi connectivity index (χ2v) is 6.88. The molecule has 4 bridgehead atoms. The predicted octanol–water partition coefficient (Wildman–Crippen LogP) is 2.94. The van der Waals surface area contributed by atoms with E-state index in [9.17, 15) is 15.0 Å². The molecular formula is C16H23O3. The van der Waals surface area contributed by atoms with Gasteiger partial charge in [0.25, 0.3) is 0 Å². The maximum atomic E-state index is 11.2. The molecule has 4 fully saturated rings. The first kappa shape index (κ1) is 13.2. The molecule has 4 saturated carbocycles. The SMILES string of the molecule is CCC1(C=C(C)C(=O)O)[C]2CC3CC(C2)CC1(O)C3. The van der Waals surface area contributed by atoms with E-state index in [1.165, 1.54) is 12.3 Å². The van der Waals surface area contributed by atoms with Crippen molar-refractivity contribution in [3.05, 3.63) is 17.6 Å². The molecule has 0 aromatic carbocycles. The van der Waals surface area contributed by atoms with E-state index in [1.807, 2.05) is 6.08 Å². The monoisotopic (exact) mass is 263 g/mol. The van der Waals surface area contributed by atoms with Gasteiger partial charge in [-0.1, -0.05) is 13.0 Å². The Morgan fingerprint density at radius 1 is 1.37 bits per heavy atom. The van der Waals surface area contributed by atoms with Gasteiger partial charge in [0.15, 0.2) is 0 Å². The lowest BCUT2D eigenvalue weighted by Crippen LogP contribution is -2.62. The first-order valence-electron chi connectivity index (χ1n) is 7.40. The highest BCUT2D eigenvalue weighted by Gasteiger charge is 2.63. The predicted molar refractivity (Wildman–Crippen MR) is 72.4 cm³/mol. The van der Waals surface area contributed by atoms with Gasteiger partial charge in [-0.2, -0.15) is 0 Å². The van der Waals surface area contributed by atoms with Crippen LogP contribution < -0.4 is 0 Å². The van der Waals surface area contributed by atoms with Gasteiger partial charge in [-0.3, -0.25) is 0 Å². The molecule has 3 atom stereocenters. The van der Waals surface area contributed by atoms with Crippen molar-refractivity contribution in [2.24, 2.45) is 17.3 Å². The Kier molecular flexibility index (Phi) is 2.83. The normalized spacial score (nSPS) is 45.7. The van der Waals surface area contributed by atoms with Gasteiger partial charge in [-0.15, -0.1) is 0 Å². The van der Waals surface area contributed by atoms with Gasteiger partial charge >= 0.3 is 5.97 Å². The van der Waals surface area contributed by atoms with Gasteiger partial charge in [0.2, 0.25) is 0 Å². The molecule has 0 amide bonds. The van der Waals surface area contributed by atoms with Crippen molar-refractivity contribution in [1.82, 2.24) is 0 Å². The summed E-state index contributed by atoms with van der Waals surface area (Å²) in [6, 6.07) is 0. The molecule has 0 aromatic heterocycles. The zero-order valence-corrected chi connectivity index (χ0v) is 11.8. The number of carboxylic acid groups (broad SMARTS) is 1. The molecule has 0 aromatic rings. The minimum absolute atomic E-state index is 0.371. The third-order valence-electron chi connectivity index (χ3n) is 5.81. The lowest BCUT2D eigenvalue weighted by molar-refractivity contribution is -0.161. The fraction of sp³-hybridized carbons (Fsp3) is 0.750. The van der Waals surface area contributed by atoms with Gasteiger partial charge < -0.3 is 10.2 Å². The summed E-state index contributed by atoms with van der Waals surface area (Å²) in [6.45, 7) is 3.73. The first-order chi connectivity index (χ1) is 8.90. The smallest absolute Gasteiger partial charge is 0.330 e. The van der Waals surface area contributed by atoms with Crippen LogP contribution in [-0.2, 0) is 4.79 Å². The van der Waals surface area contributed by atoms with Crippen LogP contribution >= 0.6 is 0 Å². The zero-order chi connectivity index (χ0) is 13.8. The number of carboxylic acids is 1. The summed E-state index contributed by atoms with van der Waals surface area (Å²) in [5.41, 5.74) is -0.712. The number of carbonyl (C=O) groups is 1. The average Bonchev–Trinajstić information content (AvgIpc) is 2.32. The van der Waals surface area contributed by atoms with Crippen LogP contribution in [-0.4, -0.2) is 21.8 Å². The number of hydrogen-bond acceptors (Lipinski definition) is 2. The molecular weight excluding hydrogens is 240 g/mol. The molecule has 0 aliphatic heterocycles. The standard InChI is InChI=1S/C16H23O3/c1-3-15(7-10(2)14(17)18)13-5-11-4-12(6-13)9-16(15,19)8-11/h7,11-12,19H,3-6,8-9H2,1-2H3,(H,17,18). The summed E-state index contributed by atoms with van der Waals surface area (Å²) in [7, 11) is 0. The van der Waals surface area contributed by atoms with Crippen molar-refractivity contribution in [1.29, 1.82) is 0 Å². The van der Waals surface area contributed by atoms with Gasteiger partial charge in [-0.25, -0.2) is 4.79 Å². The Hall–Kier alpha value is -0.830. The van der Waals surface area contributed by atoms with Gasteiger partial charge in [0.1, 0.15) is 0 Å². The second-order valence-electron chi connectivity index (χ2n) is 6.88. The lowest BCUT2D eigenvalue weighted by Gasteiger charge is -2.64. The van der Waals surface area contributed by atoms with Crippen LogP contribution in [0.3, 0.4) is 0 Å². The van der Waals surface area contributed by atoms with Crippen LogP contribution in [0.5, 0.6) is 0 Å². The summed E-state index contributed by atoms with van der Waals surface area (Å²) in [6.07, 6.45) is 7.82. The summed E-state index contributed by atoms with van der Waals surface area (Å²) < 4.78 is 0. The fourth-order valence-electron chi connectivity index (χ4n) is 5.17. The van der Waals surface area contributed by atoms with E-state index in [-0.39, 0.29) is 5.41 Å². The molecule has 4 aliphatic rings. The molecule has 2 N–H and O–H groups in total. The quantitative estimate of drug-likeness (QED) is 0.770. The van der Waals surface area contributed by atoms with Crippen LogP contribution in [0, 0.1) is 23.2 Å². The van der Waals surface area contributed by atoms with Gasteiger partial charge in [0, 0.05) is 11.0 Å². The molecule has 3 heteroatoms. The maximum Gasteiger partial charge on any atom is 0.330 e. The molecule has 0 heterocycles. The van der Waals surface area contributed by atoms with E-state index in [4.69, 9.17) is 0 Å². The summed E-state index contributed by atoms with van der Waals surface area (Å²) >= 11 is 0. The highest BCUT2D eigenvalue weighted by atomic mass is 16.4. The molecule has 4 rings (SSSR count). The number of aliphatic carboxylic acids is 1. The topological polar surface area (TPSA) is 57.5 Å². The van der Waals surface area contributed by atoms with E-state index in [0.717, 1.165) is 32.1 Å². The zero-order valence-electron chi connectivity index (χ0n) is 11.8. The third-order valence-corrected chi connectivity index (χ3v) is 5.81. The molecule has 105 valence electrons. The molecule has 0 spiro atoms. The number of aliphatic hydroxyl groups is 1. The Morgan fingerprint density at radius 3 is 2.37 bits per heavy atom. The second kappa shape index (κ2) is 4.08. The molecule has 0 saturated heterocycles. The molecule has 3 nitrogen and oxygen atoms in total. The van der Waals surface area contributed by atoms with E-state index >= 15 is 0 Å². The van der Waals surface area contributed by atoms with Crippen molar-refractivity contribution in [3.8, 4) is 0 Å². The van der Waals surface area contributed by atoms with Crippen molar-refractivity contribution in [2.75, 3.05) is 0 Å². The van der Waals surface area contributed by atoms with E-state index in [1.54, 1.807) is 6.92 Å². The molecule has 3 unspecified atom stereocenters. The number of hydrogen-bond donors (Lipinski definition) is 2. The highest BCUT2D eigenvalue weighted by Crippen LogP contribution is 2.67. The maximum absolute atomic E-state index is 11.2. The summed E-state index contributed by atoms with van der Waals surface area (Å²) in [5.74, 6) is 1.80. The highest BCUT2D eigenvalue weighted by molar-refractivity contribution is 5.86. The minimum Gasteiger partial charge on any atom is -0.478 e. The molecule has 4 aliphatic carbocycles. The Balaban J connectivity index is 2.05. The van der Waals surface area contributed by atoms with Crippen molar-refractivity contribution in [2.45, 2.75) is 58.0 Å². The van der Waals surface area contributed by atoms with Crippen LogP contribution in [0.1, 0.15) is 52.4 Å². The van der Waals surface area contributed by atoms with Crippen LogP contribution in [0.2, 0.25) is 0 Å². The number of rotatable bonds is 3. The van der Waals surface area contributed by atoms with E-state index in [2.05, 4.69) is 6.92 Å². The van der Waals surface area contributed by atoms with E-state index in [0.29, 0.717) is 17.4 Å². The van der Waals surface area contributed by atoms with Gasteiger partial charge in [-0.05, 0) is 63.2 Å². The Labute approximate surface area is 114 Å².